The number of alkyl halides is 6. The molecule has 0 radical (unpaired) electrons. The second kappa shape index (κ2) is 20.1. The first-order chi connectivity index (χ1) is 28.6. The monoisotopic (exact) mass is 856 g/mol. The lowest BCUT2D eigenvalue weighted by atomic mass is 9.73. The zero-order chi connectivity index (χ0) is 45.1. The predicted octanol–water partition coefficient (Wildman–Crippen LogP) is 9.70. The molecule has 16 heteroatoms. The lowest BCUT2D eigenvalue weighted by molar-refractivity contribution is -0.288. The van der Waals surface area contributed by atoms with Gasteiger partial charge >= 0.3 is 36.2 Å². The van der Waals surface area contributed by atoms with Gasteiger partial charge in [-0.1, -0.05) is 49.6 Å². The van der Waals surface area contributed by atoms with E-state index < -0.39 is 52.8 Å². The van der Waals surface area contributed by atoms with Gasteiger partial charge < -0.3 is 28.4 Å². The summed E-state index contributed by atoms with van der Waals surface area (Å²) in [6, 6.07) is 15.6. The van der Waals surface area contributed by atoms with Gasteiger partial charge in [0.1, 0.15) is 23.0 Å². The molecule has 0 amide bonds. The Morgan fingerprint density at radius 2 is 0.852 bits per heavy atom. The van der Waals surface area contributed by atoms with E-state index in [4.69, 9.17) is 28.4 Å². The van der Waals surface area contributed by atoms with Gasteiger partial charge in [0.15, 0.2) is 0 Å². The minimum Gasteiger partial charge on any atom is -0.457 e. The van der Waals surface area contributed by atoms with Crippen LogP contribution < -0.4 is 18.9 Å². The number of carbonyl (C=O) groups excluding carboxylic acids is 4. The number of esters is 4. The van der Waals surface area contributed by atoms with Gasteiger partial charge in [0.05, 0.1) is 0 Å². The Balaban J connectivity index is 1.39. The van der Waals surface area contributed by atoms with Crippen molar-refractivity contribution in [3.8, 4) is 23.0 Å². The fourth-order valence-electron chi connectivity index (χ4n) is 5.99. The maximum Gasteiger partial charge on any atom is 0.411 e. The number of ether oxygens (including phenoxy) is 6. The summed E-state index contributed by atoms with van der Waals surface area (Å²) in [6.45, 7) is 12.7. The Kier molecular flexibility index (Phi) is 15.5. The highest BCUT2D eigenvalue weighted by Gasteiger charge is 2.72. The Morgan fingerprint density at radius 1 is 0.525 bits per heavy atom. The van der Waals surface area contributed by atoms with Crippen LogP contribution in [0.25, 0.3) is 0 Å². The average Bonchev–Trinajstić information content (AvgIpc) is 3.17. The number of hydrogen-bond acceptors (Lipinski definition) is 10. The minimum atomic E-state index is -5.90. The lowest BCUT2D eigenvalue weighted by Gasteiger charge is -2.38. The summed E-state index contributed by atoms with van der Waals surface area (Å²) in [6.07, 6.45) is -11.8. The molecule has 324 valence electrons. The zero-order valence-electron chi connectivity index (χ0n) is 33.6. The SMILES string of the molecule is C=C(C)C(=O)OCOc1ccc(CCC(=O)Oc2ccc(C(c3ccc(OC(=O)CCc4ccc(OCOC(=O)C(=C)C)cc4C)cc3)(C(F)(F)F)C(F)(F)F)cc2)c(C)c1. The van der Waals surface area contributed by atoms with E-state index in [0.29, 0.717) is 35.8 Å². The maximum atomic E-state index is 14.8. The van der Waals surface area contributed by atoms with Crippen LogP contribution in [0.15, 0.2) is 109 Å². The molecule has 4 aromatic carbocycles. The maximum absolute atomic E-state index is 14.8. The topological polar surface area (TPSA) is 124 Å². The molecule has 0 aliphatic heterocycles. The van der Waals surface area contributed by atoms with Gasteiger partial charge in [-0.2, -0.15) is 26.3 Å². The molecule has 61 heavy (non-hydrogen) atoms. The standard InChI is InChI=1S/C45H42F6O10/c1-27(2)41(54)58-25-56-37-15-7-31(29(5)23-37)9-21-39(52)60-35-17-11-33(12-18-35)43(44(46,47)48,45(49,50)51)34-13-19-36(20-14-34)61-40(53)22-10-32-8-16-38(24-30(32)6)57-26-59-42(55)28(3)4/h7-8,11-20,23-24H,1,3,9-10,21-22,25-26H2,2,4-6H3. The van der Waals surface area contributed by atoms with Crippen LogP contribution in [-0.2, 0) is 46.9 Å². The van der Waals surface area contributed by atoms with Crippen LogP contribution >= 0.6 is 0 Å². The first kappa shape index (κ1) is 47.1. The molecular weight excluding hydrogens is 814 g/mol. The molecule has 0 aromatic heterocycles. The molecular formula is C45H42F6O10. The number of aryl methyl sites for hydroxylation is 4. The van der Waals surface area contributed by atoms with Crippen LogP contribution in [0.3, 0.4) is 0 Å². The van der Waals surface area contributed by atoms with Crippen LogP contribution in [0.1, 0.15) is 60.1 Å². The molecule has 4 aromatic rings. The number of benzene rings is 4. The first-order valence-electron chi connectivity index (χ1n) is 18.5. The third-order valence-corrected chi connectivity index (χ3v) is 9.24. The van der Waals surface area contributed by atoms with Crippen LogP contribution in [0.4, 0.5) is 26.3 Å². The normalized spacial score (nSPS) is 11.6. The Hall–Kier alpha value is -6.58. The van der Waals surface area contributed by atoms with Gasteiger partial charge in [-0.05, 0) is 122 Å². The molecule has 0 aliphatic carbocycles. The molecule has 0 atom stereocenters. The van der Waals surface area contributed by atoms with E-state index in [2.05, 4.69) is 13.2 Å². The molecule has 0 N–H and O–H groups in total. The molecule has 0 aliphatic rings. The van der Waals surface area contributed by atoms with E-state index in [1.807, 2.05) is 0 Å². The largest absolute Gasteiger partial charge is 0.457 e. The Labute approximate surface area is 347 Å². The van der Waals surface area contributed by atoms with Crippen LogP contribution in [0, 0.1) is 13.8 Å². The fraction of sp³-hybridized carbons (Fsp3) is 0.289. The molecule has 0 saturated heterocycles. The highest BCUT2D eigenvalue weighted by atomic mass is 19.4. The van der Waals surface area contributed by atoms with Gasteiger partial charge in [-0.25, -0.2) is 9.59 Å². The molecule has 0 unspecified atom stereocenters. The zero-order valence-corrected chi connectivity index (χ0v) is 33.6. The number of rotatable bonds is 18. The van der Waals surface area contributed by atoms with Gasteiger partial charge in [-0.15, -0.1) is 0 Å². The van der Waals surface area contributed by atoms with Crippen molar-refractivity contribution >= 4 is 23.9 Å². The van der Waals surface area contributed by atoms with Crippen molar-refractivity contribution in [2.24, 2.45) is 0 Å². The molecule has 0 heterocycles. The number of hydrogen-bond donors (Lipinski definition) is 0. The van der Waals surface area contributed by atoms with E-state index in [1.54, 1.807) is 50.2 Å². The third kappa shape index (κ3) is 12.2. The second-order valence-electron chi connectivity index (χ2n) is 13.9. The molecule has 0 bridgehead atoms. The molecule has 0 fully saturated rings. The van der Waals surface area contributed by atoms with Crippen LogP contribution in [0.5, 0.6) is 23.0 Å². The van der Waals surface area contributed by atoms with E-state index in [0.717, 1.165) is 46.5 Å². The summed E-state index contributed by atoms with van der Waals surface area (Å²) in [7, 11) is 0. The van der Waals surface area contributed by atoms with Gasteiger partial charge in [0.2, 0.25) is 19.0 Å². The van der Waals surface area contributed by atoms with Gasteiger partial charge in [0.25, 0.3) is 0 Å². The first-order valence-corrected chi connectivity index (χ1v) is 18.5. The van der Waals surface area contributed by atoms with Crippen molar-refractivity contribution in [1.82, 2.24) is 0 Å². The summed E-state index contributed by atoms with van der Waals surface area (Å²) in [4.78, 5) is 48.3. The van der Waals surface area contributed by atoms with Crippen molar-refractivity contribution in [2.45, 2.75) is 71.1 Å². The summed E-state index contributed by atoms with van der Waals surface area (Å²) in [5.41, 5.74) is -3.57. The van der Waals surface area contributed by atoms with Crippen LogP contribution in [0.2, 0.25) is 0 Å². The quantitative estimate of drug-likeness (QED) is 0.0314. The van der Waals surface area contributed by atoms with Crippen LogP contribution in [-0.4, -0.2) is 49.8 Å². The van der Waals surface area contributed by atoms with E-state index in [9.17, 15) is 45.5 Å². The smallest absolute Gasteiger partial charge is 0.411 e. The Morgan fingerprint density at radius 3 is 1.15 bits per heavy atom. The molecule has 0 spiro atoms. The third-order valence-electron chi connectivity index (χ3n) is 9.24. The van der Waals surface area contributed by atoms with E-state index in [1.165, 1.54) is 13.8 Å². The minimum absolute atomic E-state index is 0.176. The van der Waals surface area contributed by atoms with Gasteiger partial charge in [0, 0.05) is 24.0 Å². The highest BCUT2D eigenvalue weighted by Crippen LogP contribution is 2.56. The van der Waals surface area contributed by atoms with Crippen molar-refractivity contribution in [3.05, 3.63) is 143 Å². The van der Waals surface area contributed by atoms with Crippen molar-refractivity contribution in [3.63, 3.8) is 0 Å². The highest BCUT2D eigenvalue weighted by molar-refractivity contribution is 5.87. The van der Waals surface area contributed by atoms with Crippen molar-refractivity contribution in [2.75, 3.05) is 13.6 Å². The van der Waals surface area contributed by atoms with Crippen molar-refractivity contribution < 1.29 is 73.9 Å². The Bertz CT molecular complexity index is 2080. The van der Waals surface area contributed by atoms with Gasteiger partial charge in [-0.3, -0.25) is 9.59 Å². The van der Waals surface area contributed by atoms with Crippen molar-refractivity contribution in [1.29, 1.82) is 0 Å². The summed E-state index contributed by atoms with van der Waals surface area (Å²) < 4.78 is 120. The summed E-state index contributed by atoms with van der Waals surface area (Å²) in [5.74, 6) is -2.59. The predicted molar refractivity (Wildman–Crippen MR) is 209 cm³/mol. The number of halogens is 6. The molecule has 0 saturated carbocycles. The van der Waals surface area contributed by atoms with E-state index in [-0.39, 0.29) is 61.9 Å². The average molecular weight is 857 g/mol. The second-order valence-corrected chi connectivity index (χ2v) is 13.9. The lowest BCUT2D eigenvalue weighted by Crippen LogP contribution is -2.54. The number of carbonyl (C=O) groups is 4. The fourth-order valence-corrected chi connectivity index (χ4v) is 5.99. The summed E-state index contributed by atoms with van der Waals surface area (Å²) >= 11 is 0. The summed E-state index contributed by atoms with van der Waals surface area (Å²) in [5, 5.41) is 0. The van der Waals surface area contributed by atoms with E-state index >= 15 is 0 Å². The molecule has 4 rings (SSSR count). The molecule has 10 nitrogen and oxygen atoms in total.